The Morgan fingerprint density at radius 1 is 1.09 bits per heavy atom. The summed E-state index contributed by atoms with van der Waals surface area (Å²) in [5.41, 5.74) is 3.74. The van der Waals surface area contributed by atoms with E-state index in [1.807, 2.05) is 24.3 Å². The average Bonchev–Trinajstić information content (AvgIpc) is 2.59. The Morgan fingerprint density at radius 3 is 2.43 bits per heavy atom. The molecule has 2 aromatic rings. The van der Waals surface area contributed by atoms with Crippen molar-refractivity contribution in [3.8, 4) is 16.9 Å². The van der Waals surface area contributed by atoms with Gasteiger partial charge in [-0.3, -0.25) is 0 Å². The zero-order valence-electron chi connectivity index (χ0n) is 13.6. The van der Waals surface area contributed by atoms with E-state index in [9.17, 15) is 4.79 Å². The van der Waals surface area contributed by atoms with Gasteiger partial charge in [0.2, 0.25) is 0 Å². The third-order valence-electron chi connectivity index (χ3n) is 3.51. The minimum absolute atomic E-state index is 0.211. The highest BCUT2D eigenvalue weighted by molar-refractivity contribution is 5.81. The quantitative estimate of drug-likeness (QED) is 0.426. The molecule has 0 N–H and O–H groups in total. The molecule has 0 aliphatic carbocycles. The molecule has 2 rings (SSSR count). The maximum Gasteiger partial charge on any atom is 0.330 e. The van der Waals surface area contributed by atoms with Gasteiger partial charge in [-0.25, -0.2) is 4.79 Å². The van der Waals surface area contributed by atoms with E-state index in [0.29, 0.717) is 12.5 Å². The molecule has 0 saturated carbocycles. The fourth-order valence-electron chi connectivity index (χ4n) is 2.35. The molecule has 0 fully saturated rings. The monoisotopic (exact) mass is 310 g/mol. The van der Waals surface area contributed by atoms with Crippen molar-refractivity contribution in [3.05, 3.63) is 66.7 Å². The SMILES string of the molecule is C=CC(=O)OCCOc1ccc(-c2ccccc2C(C)C)cc1. The van der Waals surface area contributed by atoms with Crippen LogP contribution in [0.2, 0.25) is 0 Å². The van der Waals surface area contributed by atoms with E-state index in [0.717, 1.165) is 11.8 Å². The molecule has 0 atom stereocenters. The average molecular weight is 310 g/mol. The first-order chi connectivity index (χ1) is 11.1. The van der Waals surface area contributed by atoms with Crippen molar-refractivity contribution in [3.63, 3.8) is 0 Å². The van der Waals surface area contributed by atoms with Crippen LogP contribution in [0.5, 0.6) is 5.75 Å². The molecule has 0 radical (unpaired) electrons. The molecule has 0 amide bonds. The van der Waals surface area contributed by atoms with E-state index in [2.05, 4.69) is 44.7 Å². The van der Waals surface area contributed by atoms with Crippen LogP contribution in [0.1, 0.15) is 25.3 Å². The summed E-state index contributed by atoms with van der Waals surface area (Å²) in [6.07, 6.45) is 1.14. The molecule has 0 spiro atoms. The number of esters is 1. The second kappa shape index (κ2) is 8.18. The van der Waals surface area contributed by atoms with Crippen molar-refractivity contribution in [2.45, 2.75) is 19.8 Å². The van der Waals surface area contributed by atoms with Crippen molar-refractivity contribution >= 4 is 5.97 Å². The van der Waals surface area contributed by atoms with Crippen LogP contribution < -0.4 is 4.74 Å². The van der Waals surface area contributed by atoms with Crippen molar-refractivity contribution < 1.29 is 14.3 Å². The van der Waals surface area contributed by atoms with E-state index in [-0.39, 0.29) is 6.61 Å². The number of ether oxygens (including phenoxy) is 2. The minimum atomic E-state index is -0.436. The Bertz CT molecular complexity index is 657. The molecule has 2 aromatic carbocycles. The van der Waals surface area contributed by atoms with Gasteiger partial charge in [0.15, 0.2) is 0 Å². The number of rotatable bonds is 7. The molecule has 0 aliphatic rings. The Morgan fingerprint density at radius 2 is 1.78 bits per heavy atom. The Kier molecular flexibility index (Phi) is 5.98. The predicted molar refractivity (Wildman–Crippen MR) is 92.6 cm³/mol. The number of carbonyl (C=O) groups excluding carboxylic acids is 1. The smallest absolute Gasteiger partial charge is 0.330 e. The molecular formula is C20H22O3. The first-order valence-electron chi connectivity index (χ1n) is 7.73. The summed E-state index contributed by atoms with van der Waals surface area (Å²) in [6.45, 7) is 8.26. The van der Waals surface area contributed by atoms with Crippen molar-refractivity contribution in [1.29, 1.82) is 0 Å². The molecular weight excluding hydrogens is 288 g/mol. The van der Waals surface area contributed by atoms with Gasteiger partial charge in [-0.15, -0.1) is 0 Å². The highest BCUT2D eigenvalue weighted by atomic mass is 16.6. The zero-order valence-corrected chi connectivity index (χ0v) is 13.6. The van der Waals surface area contributed by atoms with Gasteiger partial charge in [0.1, 0.15) is 19.0 Å². The lowest BCUT2D eigenvalue weighted by Gasteiger charge is -2.13. The van der Waals surface area contributed by atoms with Gasteiger partial charge >= 0.3 is 5.97 Å². The molecule has 0 aliphatic heterocycles. The summed E-state index contributed by atoms with van der Waals surface area (Å²) >= 11 is 0. The van der Waals surface area contributed by atoms with Crippen LogP contribution in [0.3, 0.4) is 0 Å². The maximum atomic E-state index is 10.9. The van der Waals surface area contributed by atoms with Crippen LogP contribution in [0.25, 0.3) is 11.1 Å². The van der Waals surface area contributed by atoms with Crippen LogP contribution in [0.15, 0.2) is 61.2 Å². The summed E-state index contributed by atoms with van der Waals surface area (Å²) in [5.74, 6) is 0.793. The van der Waals surface area contributed by atoms with Crippen LogP contribution in [0.4, 0.5) is 0 Å². The van der Waals surface area contributed by atoms with E-state index >= 15 is 0 Å². The third kappa shape index (κ3) is 4.71. The van der Waals surface area contributed by atoms with Crippen molar-refractivity contribution in [2.75, 3.05) is 13.2 Å². The van der Waals surface area contributed by atoms with Gasteiger partial charge < -0.3 is 9.47 Å². The molecule has 23 heavy (non-hydrogen) atoms. The van der Waals surface area contributed by atoms with E-state index < -0.39 is 5.97 Å². The Balaban J connectivity index is 2.00. The largest absolute Gasteiger partial charge is 0.490 e. The van der Waals surface area contributed by atoms with E-state index in [1.54, 1.807) is 0 Å². The molecule has 0 bridgehead atoms. The van der Waals surface area contributed by atoms with Gasteiger partial charge in [-0.1, -0.05) is 56.8 Å². The normalized spacial score (nSPS) is 10.4. The molecule has 0 saturated heterocycles. The number of hydrogen-bond donors (Lipinski definition) is 0. The molecule has 0 heterocycles. The first kappa shape index (κ1) is 16.8. The Labute approximate surface area is 137 Å². The van der Waals surface area contributed by atoms with Gasteiger partial charge in [0.25, 0.3) is 0 Å². The van der Waals surface area contributed by atoms with Crippen LogP contribution in [-0.2, 0) is 9.53 Å². The topological polar surface area (TPSA) is 35.5 Å². The summed E-state index contributed by atoms with van der Waals surface area (Å²) in [5, 5.41) is 0. The number of hydrogen-bond acceptors (Lipinski definition) is 3. The maximum absolute atomic E-state index is 10.9. The van der Waals surface area contributed by atoms with Crippen LogP contribution in [-0.4, -0.2) is 19.2 Å². The van der Waals surface area contributed by atoms with Crippen LogP contribution >= 0.6 is 0 Å². The lowest BCUT2D eigenvalue weighted by molar-refractivity contribution is -0.138. The summed E-state index contributed by atoms with van der Waals surface area (Å²) in [6, 6.07) is 16.4. The van der Waals surface area contributed by atoms with Crippen molar-refractivity contribution in [1.82, 2.24) is 0 Å². The summed E-state index contributed by atoms with van der Waals surface area (Å²) < 4.78 is 10.4. The minimum Gasteiger partial charge on any atom is -0.490 e. The molecule has 3 nitrogen and oxygen atoms in total. The van der Waals surface area contributed by atoms with Gasteiger partial charge in [0, 0.05) is 6.08 Å². The Hall–Kier alpha value is -2.55. The highest BCUT2D eigenvalue weighted by Crippen LogP contribution is 2.30. The predicted octanol–water partition coefficient (Wildman–Crippen LogP) is 4.59. The lowest BCUT2D eigenvalue weighted by Crippen LogP contribution is -2.10. The highest BCUT2D eigenvalue weighted by Gasteiger charge is 2.07. The fraction of sp³-hybridized carbons (Fsp3) is 0.250. The summed E-state index contributed by atoms with van der Waals surface area (Å²) in [7, 11) is 0. The standard InChI is InChI=1S/C20H22O3/c1-4-20(21)23-14-13-22-17-11-9-16(10-12-17)19-8-6-5-7-18(19)15(2)3/h4-12,15H,1,13-14H2,2-3H3. The molecule has 0 aromatic heterocycles. The number of carbonyl (C=O) groups is 1. The molecule has 120 valence electrons. The van der Waals surface area contributed by atoms with E-state index in [4.69, 9.17) is 9.47 Å². The summed E-state index contributed by atoms with van der Waals surface area (Å²) in [4.78, 5) is 10.9. The second-order valence-corrected chi connectivity index (χ2v) is 5.49. The molecule has 0 unspecified atom stereocenters. The van der Waals surface area contributed by atoms with Gasteiger partial charge in [0.05, 0.1) is 0 Å². The first-order valence-corrected chi connectivity index (χ1v) is 7.73. The number of benzene rings is 2. The van der Waals surface area contributed by atoms with E-state index in [1.165, 1.54) is 16.7 Å². The van der Waals surface area contributed by atoms with Gasteiger partial charge in [-0.05, 0) is 34.7 Å². The zero-order chi connectivity index (χ0) is 16.7. The fourth-order valence-corrected chi connectivity index (χ4v) is 2.35. The lowest BCUT2D eigenvalue weighted by atomic mass is 9.93. The van der Waals surface area contributed by atoms with Crippen molar-refractivity contribution in [2.24, 2.45) is 0 Å². The molecule has 3 heteroatoms. The third-order valence-corrected chi connectivity index (χ3v) is 3.51. The van der Waals surface area contributed by atoms with Gasteiger partial charge in [-0.2, -0.15) is 0 Å². The van der Waals surface area contributed by atoms with Crippen LogP contribution in [0, 0.1) is 0 Å². The second-order valence-electron chi connectivity index (χ2n) is 5.49.